The second-order valence-electron chi connectivity index (χ2n) is 8.68. The van der Waals surface area contributed by atoms with E-state index in [0.29, 0.717) is 11.2 Å². The fraction of sp³-hybridized carbons (Fsp3) is 0.850. The summed E-state index contributed by atoms with van der Waals surface area (Å²) >= 11 is 0. The van der Waals surface area contributed by atoms with Gasteiger partial charge in [-0.15, -0.1) is 6.58 Å². The molecule has 0 spiro atoms. The third-order valence-electron chi connectivity index (χ3n) is 8.12. The van der Waals surface area contributed by atoms with Gasteiger partial charge in [-0.3, -0.25) is 4.79 Å². The van der Waals surface area contributed by atoms with E-state index in [2.05, 4.69) is 19.6 Å². The maximum atomic E-state index is 11.8. The summed E-state index contributed by atoms with van der Waals surface area (Å²) in [5.74, 6) is 5.78. The van der Waals surface area contributed by atoms with Crippen molar-refractivity contribution in [2.75, 3.05) is 0 Å². The largest absolute Gasteiger partial charge is 0.300 e. The first-order valence-electron chi connectivity index (χ1n) is 9.27. The van der Waals surface area contributed by atoms with Gasteiger partial charge in [-0.1, -0.05) is 13.0 Å². The standard InChI is InChI=1S/C20H30O/c1-3-14-5-9-19-18-7-4-13-12-15(21)6-8-16(13)17(18)10-11-20(14,19)2/h3,13-14,16-19H,1,4-12H2,2H3/t13?,14-,16+,17?,18?,19?,20+/m0/s1. The summed E-state index contributed by atoms with van der Waals surface area (Å²) in [6.07, 6.45) is 13.6. The highest BCUT2D eigenvalue weighted by molar-refractivity contribution is 5.79. The smallest absolute Gasteiger partial charge is 0.133 e. The van der Waals surface area contributed by atoms with E-state index in [9.17, 15) is 4.79 Å². The molecule has 0 aliphatic heterocycles. The predicted molar refractivity (Wildman–Crippen MR) is 85.8 cm³/mol. The van der Waals surface area contributed by atoms with Crippen LogP contribution in [0, 0.1) is 40.9 Å². The Balaban J connectivity index is 1.58. The van der Waals surface area contributed by atoms with Crippen molar-refractivity contribution < 1.29 is 4.79 Å². The van der Waals surface area contributed by atoms with Gasteiger partial charge in [0.25, 0.3) is 0 Å². The van der Waals surface area contributed by atoms with Gasteiger partial charge in [0.1, 0.15) is 5.78 Å². The normalized spacial score (nSPS) is 52.7. The summed E-state index contributed by atoms with van der Waals surface area (Å²) < 4.78 is 0. The Morgan fingerprint density at radius 3 is 2.71 bits per heavy atom. The maximum absolute atomic E-state index is 11.8. The first kappa shape index (κ1) is 14.0. The van der Waals surface area contributed by atoms with E-state index in [1.807, 2.05) is 0 Å². The van der Waals surface area contributed by atoms with Gasteiger partial charge in [-0.2, -0.15) is 0 Å². The Hall–Kier alpha value is -0.590. The van der Waals surface area contributed by atoms with E-state index in [1.165, 1.54) is 44.9 Å². The van der Waals surface area contributed by atoms with Crippen LogP contribution >= 0.6 is 0 Å². The fourth-order valence-corrected chi connectivity index (χ4v) is 7.09. The SMILES string of the molecule is C=C[C@H]1CCC2C3CCC4CC(=O)CC[C@H]4C3CC[C@@]21C. The Morgan fingerprint density at radius 1 is 1.05 bits per heavy atom. The molecule has 0 N–H and O–H groups in total. The lowest BCUT2D eigenvalue weighted by molar-refractivity contribution is -0.127. The summed E-state index contributed by atoms with van der Waals surface area (Å²) in [6, 6.07) is 0. The number of hydrogen-bond donors (Lipinski definition) is 0. The van der Waals surface area contributed by atoms with Crippen LogP contribution in [0.1, 0.15) is 64.7 Å². The second kappa shape index (κ2) is 4.96. The molecular formula is C20H30O. The maximum Gasteiger partial charge on any atom is 0.133 e. The van der Waals surface area contributed by atoms with Crippen LogP contribution in [-0.2, 0) is 4.79 Å². The summed E-state index contributed by atoms with van der Waals surface area (Å²) in [7, 11) is 0. The molecule has 4 saturated carbocycles. The van der Waals surface area contributed by atoms with Crippen LogP contribution < -0.4 is 0 Å². The summed E-state index contributed by atoms with van der Waals surface area (Å²) in [6.45, 7) is 6.68. The van der Waals surface area contributed by atoms with E-state index in [4.69, 9.17) is 0 Å². The molecule has 0 heterocycles. The highest BCUT2D eigenvalue weighted by Crippen LogP contribution is 2.64. The van der Waals surface area contributed by atoms with Crippen molar-refractivity contribution >= 4 is 5.78 Å². The minimum atomic E-state index is 0.542. The Morgan fingerprint density at radius 2 is 1.90 bits per heavy atom. The molecule has 4 aliphatic carbocycles. The highest BCUT2D eigenvalue weighted by Gasteiger charge is 2.56. The molecule has 1 nitrogen and oxygen atoms in total. The number of fused-ring (bicyclic) bond motifs is 5. The Labute approximate surface area is 129 Å². The molecular weight excluding hydrogens is 256 g/mol. The van der Waals surface area contributed by atoms with Gasteiger partial charge in [0.05, 0.1) is 0 Å². The van der Waals surface area contributed by atoms with Crippen molar-refractivity contribution in [3.8, 4) is 0 Å². The molecule has 4 rings (SSSR count). The lowest BCUT2D eigenvalue weighted by Crippen LogP contribution is -2.48. The van der Waals surface area contributed by atoms with Gasteiger partial charge in [0.2, 0.25) is 0 Å². The van der Waals surface area contributed by atoms with Crippen LogP contribution in [0.2, 0.25) is 0 Å². The number of allylic oxidation sites excluding steroid dienone is 1. The van der Waals surface area contributed by atoms with Crippen molar-refractivity contribution in [1.29, 1.82) is 0 Å². The molecule has 4 aliphatic rings. The van der Waals surface area contributed by atoms with Gasteiger partial charge < -0.3 is 0 Å². The van der Waals surface area contributed by atoms with E-state index in [1.54, 1.807) is 0 Å². The minimum Gasteiger partial charge on any atom is -0.300 e. The molecule has 21 heavy (non-hydrogen) atoms. The fourth-order valence-electron chi connectivity index (χ4n) is 7.09. The summed E-state index contributed by atoms with van der Waals surface area (Å²) in [5, 5.41) is 0. The Kier molecular flexibility index (Phi) is 3.32. The lowest BCUT2D eigenvalue weighted by Gasteiger charge is -2.55. The number of carbonyl (C=O) groups is 1. The first-order chi connectivity index (χ1) is 10.1. The van der Waals surface area contributed by atoms with Gasteiger partial charge in [0, 0.05) is 12.8 Å². The molecule has 4 fully saturated rings. The van der Waals surface area contributed by atoms with Crippen molar-refractivity contribution in [2.45, 2.75) is 64.7 Å². The third-order valence-corrected chi connectivity index (χ3v) is 8.12. The zero-order chi connectivity index (χ0) is 14.6. The molecule has 0 aromatic rings. The van der Waals surface area contributed by atoms with Crippen LogP contribution in [-0.4, -0.2) is 5.78 Å². The van der Waals surface area contributed by atoms with Crippen LogP contribution in [0.3, 0.4) is 0 Å². The summed E-state index contributed by atoms with van der Waals surface area (Å²) in [4.78, 5) is 11.8. The molecule has 0 aromatic heterocycles. The Bertz CT molecular complexity index is 453. The van der Waals surface area contributed by atoms with Crippen LogP contribution in [0.5, 0.6) is 0 Å². The number of rotatable bonds is 1. The second-order valence-corrected chi connectivity index (χ2v) is 8.68. The predicted octanol–water partition coefficient (Wildman–Crippen LogP) is 5.01. The zero-order valence-corrected chi connectivity index (χ0v) is 13.5. The molecule has 4 unspecified atom stereocenters. The summed E-state index contributed by atoms with van der Waals surface area (Å²) in [5.41, 5.74) is 0.542. The van der Waals surface area contributed by atoms with E-state index < -0.39 is 0 Å². The highest BCUT2D eigenvalue weighted by atomic mass is 16.1. The van der Waals surface area contributed by atoms with E-state index in [-0.39, 0.29) is 0 Å². The minimum absolute atomic E-state index is 0.542. The molecule has 0 amide bonds. The number of Topliss-reactive ketones (excluding diaryl/α,β-unsaturated/α-hetero) is 1. The lowest BCUT2D eigenvalue weighted by atomic mass is 9.50. The van der Waals surface area contributed by atoms with Crippen LogP contribution in [0.15, 0.2) is 12.7 Å². The average Bonchev–Trinajstić information content (AvgIpc) is 2.83. The number of ketones is 1. The van der Waals surface area contributed by atoms with E-state index in [0.717, 1.165) is 48.3 Å². The average molecular weight is 286 g/mol. The number of hydrogen-bond acceptors (Lipinski definition) is 1. The van der Waals surface area contributed by atoms with Gasteiger partial charge in [0.15, 0.2) is 0 Å². The van der Waals surface area contributed by atoms with Crippen molar-refractivity contribution in [3.63, 3.8) is 0 Å². The van der Waals surface area contributed by atoms with Gasteiger partial charge >= 0.3 is 0 Å². The van der Waals surface area contributed by atoms with Crippen molar-refractivity contribution in [2.24, 2.45) is 40.9 Å². The molecule has 0 bridgehead atoms. The molecule has 7 atom stereocenters. The van der Waals surface area contributed by atoms with Crippen LogP contribution in [0.25, 0.3) is 0 Å². The molecule has 0 radical (unpaired) electrons. The molecule has 0 saturated heterocycles. The molecule has 116 valence electrons. The van der Waals surface area contributed by atoms with Gasteiger partial charge in [-0.25, -0.2) is 0 Å². The first-order valence-corrected chi connectivity index (χ1v) is 9.27. The van der Waals surface area contributed by atoms with Crippen LogP contribution in [0.4, 0.5) is 0 Å². The quantitative estimate of drug-likeness (QED) is 0.619. The van der Waals surface area contributed by atoms with Crippen molar-refractivity contribution in [1.82, 2.24) is 0 Å². The topological polar surface area (TPSA) is 17.1 Å². The molecule has 0 aromatic carbocycles. The molecule has 1 heteroatoms. The van der Waals surface area contributed by atoms with E-state index >= 15 is 0 Å². The van der Waals surface area contributed by atoms with Gasteiger partial charge in [-0.05, 0) is 85.9 Å². The van der Waals surface area contributed by atoms with Crippen molar-refractivity contribution in [3.05, 3.63) is 12.7 Å². The zero-order valence-electron chi connectivity index (χ0n) is 13.5. The number of carbonyl (C=O) groups excluding carboxylic acids is 1. The monoisotopic (exact) mass is 286 g/mol. The third kappa shape index (κ3) is 1.99.